The first-order valence-corrected chi connectivity index (χ1v) is 7.00. The molecule has 1 aromatic heterocycles. The van der Waals surface area contributed by atoms with Gasteiger partial charge in [0.05, 0.1) is 16.8 Å². The molecule has 3 rings (SSSR count). The van der Waals surface area contributed by atoms with E-state index in [1.165, 1.54) is 16.8 Å². The molecular weight excluding hydrogens is 312 g/mol. The summed E-state index contributed by atoms with van der Waals surface area (Å²) in [6.07, 6.45) is 2.40. The highest BCUT2D eigenvalue weighted by Crippen LogP contribution is 2.17. The van der Waals surface area contributed by atoms with Crippen LogP contribution < -0.4 is 4.74 Å². The molecule has 8 nitrogen and oxygen atoms in total. The topological polar surface area (TPSA) is 100 Å². The summed E-state index contributed by atoms with van der Waals surface area (Å²) in [6, 6.07) is 12.8. The van der Waals surface area contributed by atoms with Crippen LogP contribution in [0.2, 0.25) is 0 Å². The summed E-state index contributed by atoms with van der Waals surface area (Å²) in [6.45, 7) is 0.190. The van der Waals surface area contributed by atoms with Gasteiger partial charge in [-0.2, -0.15) is 0 Å². The fraction of sp³-hybridized carbons (Fsp3) is 0.0625. The van der Waals surface area contributed by atoms with E-state index in [9.17, 15) is 14.9 Å². The molecule has 0 fully saturated rings. The minimum Gasteiger partial charge on any atom is -0.487 e. The second-order valence-electron chi connectivity index (χ2n) is 4.91. The van der Waals surface area contributed by atoms with Crippen LogP contribution in [0, 0.1) is 10.1 Å². The highest BCUT2D eigenvalue weighted by Gasteiger charge is 2.09. The van der Waals surface area contributed by atoms with E-state index >= 15 is 0 Å². The second-order valence-corrected chi connectivity index (χ2v) is 4.91. The van der Waals surface area contributed by atoms with Gasteiger partial charge in [0.25, 0.3) is 5.69 Å². The van der Waals surface area contributed by atoms with Crippen LogP contribution in [0.3, 0.4) is 0 Å². The third-order valence-electron chi connectivity index (χ3n) is 3.25. The van der Waals surface area contributed by atoms with E-state index in [2.05, 4.69) is 10.3 Å². The van der Waals surface area contributed by atoms with Crippen LogP contribution in [0.25, 0.3) is 5.69 Å². The average molecular weight is 324 g/mol. The third-order valence-corrected chi connectivity index (χ3v) is 3.25. The number of hydrogen-bond acceptors (Lipinski definition) is 6. The lowest BCUT2D eigenvalue weighted by Crippen LogP contribution is -1.97. The van der Waals surface area contributed by atoms with Gasteiger partial charge in [-0.1, -0.05) is 11.3 Å². The zero-order chi connectivity index (χ0) is 16.9. The van der Waals surface area contributed by atoms with E-state index < -0.39 is 4.92 Å². The monoisotopic (exact) mass is 324 g/mol. The Morgan fingerprint density at radius 2 is 2.00 bits per heavy atom. The fourth-order valence-electron chi connectivity index (χ4n) is 2.04. The van der Waals surface area contributed by atoms with Crippen molar-refractivity contribution in [1.82, 2.24) is 15.0 Å². The molecule has 3 aromatic rings. The lowest BCUT2D eigenvalue weighted by Gasteiger charge is -2.03. The van der Waals surface area contributed by atoms with Crippen molar-refractivity contribution in [3.8, 4) is 11.4 Å². The standard InChI is InChI=1S/C16H12N4O4/c21-10-12-4-6-16(7-5-12)24-11-13-9-19(18-17-13)14-2-1-3-15(8-14)20(22)23/h1-10H,11H2. The summed E-state index contributed by atoms with van der Waals surface area (Å²) in [5, 5.41) is 18.7. The molecule has 0 radical (unpaired) electrons. The van der Waals surface area contributed by atoms with Crippen LogP contribution in [-0.2, 0) is 6.61 Å². The molecule has 0 N–H and O–H groups in total. The zero-order valence-corrected chi connectivity index (χ0v) is 12.4. The molecule has 0 unspecified atom stereocenters. The molecule has 8 heteroatoms. The van der Waals surface area contributed by atoms with Crippen molar-refractivity contribution in [2.45, 2.75) is 6.61 Å². The Kier molecular flexibility index (Phi) is 4.28. The third kappa shape index (κ3) is 3.43. The normalized spacial score (nSPS) is 10.3. The van der Waals surface area contributed by atoms with Gasteiger partial charge in [-0.3, -0.25) is 14.9 Å². The van der Waals surface area contributed by atoms with E-state index in [-0.39, 0.29) is 12.3 Å². The molecule has 0 aliphatic rings. The Hall–Kier alpha value is -3.55. The first-order chi connectivity index (χ1) is 11.7. The first-order valence-electron chi connectivity index (χ1n) is 7.00. The van der Waals surface area contributed by atoms with Crippen molar-refractivity contribution in [2.75, 3.05) is 0 Å². The predicted molar refractivity (Wildman–Crippen MR) is 84.2 cm³/mol. The molecule has 0 atom stereocenters. The number of aldehydes is 1. The number of nitro groups is 1. The van der Waals surface area contributed by atoms with Crippen molar-refractivity contribution in [2.24, 2.45) is 0 Å². The number of rotatable bonds is 6. The Morgan fingerprint density at radius 1 is 1.21 bits per heavy atom. The van der Waals surface area contributed by atoms with Gasteiger partial charge in [-0.05, 0) is 30.3 Å². The Labute approximate surface area is 136 Å². The number of nitrogens with zero attached hydrogens (tertiary/aromatic N) is 4. The molecule has 0 amide bonds. The van der Waals surface area contributed by atoms with Gasteiger partial charge in [-0.15, -0.1) is 5.10 Å². The van der Waals surface area contributed by atoms with Crippen LogP contribution in [0.15, 0.2) is 54.7 Å². The molecule has 24 heavy (non-hydrogen) atoms. The maximum Gasteiger partial charge on any atom is 0.271 e. The molecule has 2 aromatic carbocycles. The summed E-state index contributed by atoms with van der Waals surface area (Å²) in [7, 11) is 0. The number of nitro benzene ring substituents is 1. The molecule has 0 saturated heterocycles. The van der Waals surface area contributed by atoms with E-state index in [1.807, 2.05) is 0 Å². The van der Waals surface area contributed by atoms with Crippen molar-refractivity contribution in [3.05, 3.63) is 76.1 Å². The number of hydrogen-bond donors (Lipinski definition) is 0. The predicted octanol–water partition coefficient (Wildman–Crippen LogP) is 2.57. The van der Waals surface area contributed by atoms with E-state index in [4.69, 9.17) is 4.74 Å². The highest BCUT2D eigenvalue weighted by atomic mass is 16.6. The van der Waals surface area contributed by atoms with Gasteiger partial charge < -0.3 is 4.74 Å². The number of carbonyl (C=O) groups excluding carboxylic acids is 1. The summed E-state index contributed by atoms with van der Waals surface area (Å²) >= 11 is 0. The molecule has 0 saturated carbocycles. The van der Waals surface area contributed by atoms with Crippen molar-refractivity contribution >= 4 is 12.0 Å². The van der Waals surface area contributed by atoms with Crippen molar-refractivity contribution in [1.29, 1.82) is 0 Å². The first kappa shape index (κ1) is 15.3. The summed E-state index contributed by atoms with van der Waals surface area (Å²) in [4.78, 5) is 20.9. The summed E-state index contributed by atoms with van der Waals surface area (Å²) in [5.74, 6) is 0.602. The minimum atomic E-state index is -0.465. The van der Waals surface area contributed by atoms with Gasteiger partial charge >= 0.3 is 0 Å². The number of aromatic nitrogens is 3. The summed E-state index contributed by atoms with van der Waals surface area (Å²) in [5.41, 5.74) is 1.66. The van der Waals surface area contributed by atoms with Crippen molar-refractivity contribution < 1.29 is 14.5 Å². The van der Waals surface area contributed by atoms with Crippen LogP contribution in [0.1, 0.15) is 16.1 Å². The quantitative estimate of drug-likeness (QED) is 0.392. The number of carbonyl (C=O) groups is 1. The molecule has 0 spiro atoms. The van der Waals surface area contributed by atoms with Gasteiger partial charge in [0.1, 0.15) is 24.3 Å². The number of benzene rings is 2. The SMILES string of the molecule is O=Cc1ccc(OCc2cn(-c3cccc([N+](=O)[O-])c3)nn2)cc1. The van der Waals surface area contributed by atoms with Gasteiger partial charge in [0, 0.05) is 17.7 Å². The molecule has 1 heterocycles. The molecular formula is C16H12N4O4. The molecule has 120 valence electrons. The van der Waals surface area contributed by atoms with Gasteiger partial charge in [0.15, 0.2) is 0 Å². The Morgan fingerprint density at radius 3 is 2.71 bits per heavy atom. The van der Waals surface area contributed by atoms with Crippen LogP contribution in [0.4, 0.5) is 5.69 Å². The lowest BCUT2D eigenvalue weighted by molar-refractivity contribution is -0.384. The number of ether oxygens (including phenoxy) is 1. The van der Waals surface area contributed by atoms with Gasteiger partial charge in [0.2, 0.25) is 0 Å². The maximum absolute atomic E-state index is 10.8. The smallest absolute Gasteiger partial charge is 0.271 e. The minimum absolute atomic E-state index is 0.0175. The van der Waals surface area contributed by atoms with Crippen LogP contribution in [0.5, 0.6) is 5.75 Å². The van der Waals surface area contributed by atoms with E-state index in [0.29, 0.717) is 22.7 Å². The Balaban J connectivity index is 1.70. The maximum atomic E-state index is 10.8. The largest absolute Gasteiger partial charge is 0.487 e. The van der Waals surface area contributed by atoms with Crippen LogP contribution >= 0.6 is 0 Å². The summed E-state index contributed by atoms with van der Waals surface area (Å²) < 4.78 is 7.01. The Bertz CT molecular complexity index is 874. The fourth-order valence-corrected chi connectivity index (χ4v) is 2.04. The second kappa shape index (κ2) is 6.69. The lowest BCUT2D eigenvalue weighted by atomic mass is 10.2. The van der Waals surface area contributed by atoms with E-state index in [1.54, 1.807) is 42.6 Å². The molecule has 0 bridgehead atoms. The molecule has 0 aliphatic carbocycles. The van der Waals surface area contributed by atoms with Crippen molar-refractivity contribution in [3.63, 3.8) is 0 Å². The van der Waals surface area contributed by atoms with Crippen LogP contribution in [-0.4, -0.2) is 26.2 Å². The number of non-ortho nitro benzene ring substituents is 1. The van der Waals surface area contributed by atoms with E-state index in [0.717, 1.165) is 6.29 Å². The molecule has 0 aliphatic heterocycles. The zero-order valence-electron chi connectivity index (χ0n) is 12.4. The average Bonchev–Trinajstić information content (AvgIpc) is 3.09. The van der Waals surface area contributed by atoms with Gasteiger partial charge in [-0.25, -0.2) is 4.68 Å². The highest BCUT2D eigenvalue weighted by molar-refractivity contribution is 5.74.